The molecule has 0 bridgehead atoms. The summed E-state index contributed by atoms with van der Waals surface area (Å²) in [5, 5.41) is 2.68. The zero-order valence-electron chi connectivity index (χ0n) is 14.9. The summed E-state index contributed by atoms with van der Waals surface area (Å²) in [7, 11) is -2.35. The Kier molecular flexibility index (Phi) is 6.59. The smallest absolute Gasteiger partial charge is 0.242 e. The lowest BCUT2D eigenvalue weighted by molar-refractivity contribution is -0.117. The first-order valence-electron chi connectivity index (χ1n) is 8.06. The maximum Gasteiger partial charge on any atom is 0.242 e. The van der Waals surface area contributed by atoms with E-state index < -0.39 is 22.0 Å². The number of amides is 1. The van der Waals surface area contributed by atoms with E-state index in [1.54, 1.807) is 24.3 Å². The standard InChI is InChI=1S/C18H22N2O5S/c1-4-25-17-8-6-5-7-16(17)19-18(21)13(2)20-26(22,23)15-11-9-14(24-3)10-12-15/h5-13,20H,4H2,1-3H3,(H,19,21)/t13-/m1/s1. The van der Waals surface area contributed by atoms with Crippen molar-refractivity contribution in [3.05, 3.63) is 48.5 Å². The Morgan fingerprint density at radius 3 is 2.38 bits per heavy atom. The van der Waals surface area contributed by atoms with Crippen LogP contribution in [0.5, 0.6) is 11.5 Å². The van der Waals surface area contributed by atoms with E-state index in [4.69, 9.17) is 9.47 Å². The number of ether oxygens (including phenoxy) is 2. The predicted octanol–water partition coefficient (Wildman–Crippen LogP) is 2.40. The molecule has 0 aliphatic rings. The van der Waals surface area contributed by atoms with Crippen molar-refractivity contribution in [1.82, 2.24) is 4.72 Å². The molecule has 0 saturated carbocycles. The van der Waals surface area contributed by atoms with E-state index in [1.807, 2.05) is 6.92 Å². The zero-order valence-corrected chi connectivity index (χ0v) is 15.7. The number of anilines is 1. The van der Waals surface area contributed by atoms with Gasteiger partial charge in [-0.15, -0.1) is 0 Å². The van der Waals surface area contributed by atoms with Crippen LogP contribution >= 0.6 is 0 Å². The van der Waals surface area contributed by atoms with Crippen molar-refractivity contribution in [3.8, 4) is 11.5 Å². The first-order chi connectivity index (χ1) is 12.4. The molecule has 0 unspecified atom stereocenters. The maximum absolute atomic E-state index is 12.4. The van der Waals surface area contributed by atoms with Crippen molar-refractivity contribution >= 4 is 21.6 Å². The summed E-state index contributed by atoms with van der Waals surface area (Å²) in [6, 6.07) is 11.9. The number of benzene rings is 2. The van der Waals surface area contributed by atoms with Crippen molar-refractivity contribution in [2.45, 2.75) is 24.8 Å². The second kappa shape index (κ2) is 8.68. The molecule has 1 atom stereocenters. The van der Waals surface area contributed by atoms with Crippen LogP contribution < -0.4 is 19.5 Å². The number of rotatable bonds is 8. The van der Waals surface area contributed by atoms with Gasteiger partial charge in [-0.1, -0.05) is 12.1 Å². The highest BCUT2D eigenvalue weighted by atomic mass is 32.2. The minimum Gasteiger partial charge on any atom is -0.497 e. The second-order valence-corrected chi connectivity index (χ2v) is 7.15. The van der Waals surface area contributed by atoms with Gasteiger partial charge in [0.05, 0.1) is 30.3 Å². The summed E-state index contributed by atoms with van der Waals surface area (Å²) >= 11 is 0. The van der Waals surface area contributed by atoms with Gasteiger partial charge in [0.2, 0.25) is 15.9 Å². The van der Waals surface area contributed by atoms with Gasteiger partial charge in [-0.2, -0.15) is 4.72 Å². The van der Waals surface area contributed by atoms with Crippen molar-refractivity contribution in [2.75, 3.05) is 19.0 Å². The summed E-state index contributed by atoms with van der Waals surface area (Å²) in [5.41, 5.74) is 0.481. The third kappa shape index (κ3) is 4.96. The van der Waals surface area contributed by atoms with E-state index >= 15 is 0 Å². The highest BCUT2D eigenvalue weighted by Crippen LogP contribution is 2.24. The van der Waals surface area contributed by atoms with E-state index in [2.05, 4.69) is 10.0 Å². The molecule has 2 aromatic carbocycles. The molecule has 26 heavy (non-hydrogen) atoms. The molecule has 2 rings (SSSR count). The number of para-hydroxylation sites is 2. The van der Waals surface area contributed by atoms with Gasteiger partial charge in [0, 0.05) is 0 Å². The fraction of sp³-hybridized carbons (Fsp3) is 0.278. The molecule has 8 heteroatoms. The van der Waals surface area contributed by atoms with Crippen LogP contribution in [-0.2, 0) is 14.8 Å². The zero-order chi connectivity index (χ0) is 19.2. The van der Waals surface area contributed by atoms with Crippen molar-refractivity contribution < 1.29 is 22.7 Å². The van der Waals surface area contributed by atoms with Crippen molar-refractivity contribution in [1.29, 1.82) is 0 Å². The number of carbonyl (C=O) groups is 1. The van der Waals surface area contributed by atoms with E-state index in [0.717, 1.165) is 0 Å². The minimum atomic E-state index is -3.84. The lowest BCUT2D eigenvalue weighted by Crippen LogP contribution is -2.41. The number of nitrogens with one attached hydrogen (secondary N) is 2. The molecule has 0 spiro atoms. The first-order valence-corrected chi connectivity index (χ1v) is 9.54. The molecular weight excluding hydrogens is 356 g/mol. The fourth-order valence-corrected chi connectivity index (χ4v) is 3.40. The SMILES string of the molecule is CCOc1ccccc1NC(=O)[C@@H](C)NS(=O)(=O)c1ccc(OC)cc1. The van der Waals surface area contributed by atoms with Gasteiger partial charge in [0.25, 0.3) is 0 Å². The number of carbonyl (C=O) groups excluding carboxylic acids is 1. The number of hydrogen-bond donors (Lipinski definition) is 2. The number of methoxy groups -OCH3 is 1. The molecule has 1 amide bonds. The Morgan fingerprint density at radius 2 is 1.77 bits per heavy atom. The van der Waals surface area contributed by atoms with Gasteiger partial charge in [-0.05, 0) is 50.2 Å². The van der Waals surface area contributed by atoms with Crippen molar-refractivity contribution in [3.63, 3.8) is 0 Å². The van der Waals surface area contributed by atoms with E-state index in [-0.39, 0.29) is 4.90 Å². The molecule has 0 radical (unpaired) electrons. The van der Waals surface area contributed by atoms with Gasteiger partial charge in [-0.25, -0.2) is 8.42 Å². The Labute approximate surface area is 153 Å². The molecule has 2 N–H and O–H groups in total. The highest BCUT2D eigenvalue weighted by Gasteiger charge is 2.22. The molecule has 7 nitrogen and oxygen atoms in total. The molecule has 0 heterocycles. The molecule has 0 aliphatic heterocycles. The monoisotopic (exact) mass is 378 g/mol. The van der Waals surface area contributed by atoms with E-state index in [0.29, 0.717) is 23.8 Å². The molecule has 2 aromatic rings. The lowest BCUT2D eigenvalue weighted by atomic mass is 10.2. The van der Waals surface area contributed by atoms with Gasteiger partial charge >= 0.3 is 0 Å². The minimum absolute atomic E-state index is 0.0488. The quantitative estimate of drug-likeness (QED) is 0.736. The normalized spacial score (nSPS) is 12.3. The first kappa shape index (κ1) is 19.7. The highest BCUT2D eigenvalue weighted by molar-refractivity contribution is 7.89. The molecule has 0 fully saturated rings. The van der Waals surface area contributed by atoms with Gasteiger partial charge < -0.3 is 14.8 Å². The molecule has 0 aliphatic carbocycles. The van der Waals surface area contributed by atoms with E-state index in [1.165, 1.54) is 38.3 Å². The van der Waals surface area contributed by atoms with Crippen LogP contribution in [0.4, 0.5) is 5.69 Å². The molecule has 140 valence electrons. The van der Waals surface area contributed by atoms with Gasteiger partial charge in [0.15, 0.2) is 0 Å². The Morgan fingerprint density at radius 1 is 1.12 bits per heavy atom. The van der Waals surface area contributed by atoms with Crippen LogP contribution in [0.1, 0.15) is 13.8 Å². The fourth-order valence-electron chi connectivity index (χ4n) is 2.20. The van der Waals surface area contributed by atoms with Crippen LogP contribution in [0.3, 0.4) is 0 Å². The molecule has 0 saturated heterocycles. The topological polar surface area (TPSA) is 93.7 Å². The summed E-state index contributed by atoms with van der Waals surface area (Å²) in [6.45, 7) is 3.76. The average Bonchev–Trinajstić information content (AvgIpc) is 2.63. The average molecular weight is 378 g/mol. The molecular formula is C18H22N2O5S. The summed E-state index contributed by atoms with van der Waals surface area (Å²) < 4.78 is 37.6. The van der Waals surface area contributed by atoms with Crippen LogP contribution in [0.15, 0.2) is 53.4 Å². The Bertz CT molecular complexity index is 850. The largest absolute Gasteiger partial charge is 0.497 e. The number of sulfonamides is 1. The summed E-state index contributed by atoms with van der Waals surface area (Å²) in [4.78, 5) is 12.4. The van der Waals surface area contributed by atoms with Gasteiger partial charge in [-0.3, -0.25) is 4.79 Å². The Balaban J connectivity index is 2.08. The number of hydrogen-bond acceptors (Lipinski definition) is 5. The van der Waals surface area contributed by atoms with E-state index in [9.17, 15) is 13.2 Å². The summed E-state index contributed by atoms with van der Waals surface area (Å²) in [6.07, 6.45) is 0. The molecule has 0 aromatic heterocycles. The second-order valence-electron chi connectivity index (χ2n) is 5.44. The summed E-state index contributed by atoms with van der Waals surface area (Å²) in [5.74, 6) is 0.574. The van der Waals surface area contributed by atoms with Crippen molar-refractivity contribution in [2.24, 2.45) is 0 Å². The maximum atomic E-state index is 12.4. The van der Waals surface area contributed by atoms with Crippen LogP contribution in [0.25, 0.3) is 0 Å². The predicted molar refractivity (Wildman–Crippen MR) is 99.0 cm³/mol. The Hall–Kier alpha value is -2.58. The van der Waals surface area contributed by atoms with Crippen LogP contribution in [-0.4, -0.2) is 34.1 Å². The third-order valence-corrected chi connectivity index (χ3v) is 5.10. The van der Waals surface area contributed by atoms with Crippen LogP contribution in [0.2, 0.25) is 0 Å². The van der Waals surface area contributed by atoms with Crippen LogP contribution in [0, 0.1) is 0 Å². The van der Waals surface area contributed by atoms with Gasteiger partial charge in [0.1, 0.15) is 11.5 Å². The lowest BCUT2D eigenvalue weighted by Gasteiger charge is -2.16. The third-order valence-electron chi connectivity index (χ3n) is 3.54.